The Morgan fingerprint density at radius 3 is 2.75 bits per heavy atom. The standard InChI is InChI=1S/C9H16O2S/c1-3-12-7-5-11-8-6(2)4-10-9(7)8/h6-9H,3-5H2,1-2H3. The molecule has 0 aromatic carbocycles. The molecule has 0 aromatic rings. The number of ether oxygens (including phenoxy) is 2. The quantitative estimate of drug-likeness (QED) is 0.655. The Balaban J connectivity index is 1.96. The van der Waals surface area contributed by atoms with E-state index in [0.29, 0.717) is 23.4 Å². The van der Waals surface area contributed by atoms with Gasteiger partial charge in [0.05, 0.1) is 30.7 Å². The summed E-state index contributed by atoms with van der Waals surface area (Å²) in [5, 5.41) is 0.588. The highest BCUT2D eigenvalue weighted by Gasteiger charge is 2.45. The molecule has 2 heterocycles. The van der Waals surface area contributed by atoms with Crippen LogP contribution in [0.25, 0.3) is 0 Å². The van der Waals surface area contributed by atoms with Gasteiger partial charge in [-0.3, -0.25) is 0 Å². The summed E-state index contributed by atoms with van der Waals surface area (Å²) < 4.78 is 11.4. The highest BCUT2D eigenvalue weighted by Crippen LogP contribution is 2.36. The van der Waals surface area contributed by atoms with Gasteiger partial charge in [0.25, 0.3) is 0 Å². The number of fused-ring (bicyclic) bond motifs is 1. The van der Waals surface area contributed by atoms with E-state index in [-0.39, 0.29) is 0 Å². The molecule has 2 nitrogen and oxygen atoms in total. The summed E-state index contributed by atoms with van der Waals surface area (Å²) in [6.45, 7) is 6.17. The number of hydrogen-bond donors (Lipinski definition) is 0. The fraction of sp³-hybridized carbons (Fsp3) is 1.00. The molecule has 70 valence electrons. The molecule has 0 bridgehead atoms. The average Bonchev–Trinajstić information content (AvgIpc) is 2.58. The molecule has 0 amide bonds. The molecular weight excluding hydrogens is 172 g/mol. The van der Waals surface area contributed by atoms with Crippen molar-refractivity contribution in [3.63, 3.8) is 0 Å². The molecule has 0 N–H and O–H groups in total. The van der Waals surface area contributed by atoms with Crippen molar-refractivity contribution in [1.29, 1.82) is 0 Å². The van der Waals surface area contributed by atoms with Crippen LogP contribution in [0.5, 0.6) is 0 Å². The van der Waals surface area contributed by atoms with Crippen LogP contribution in [0.15, 0.2) is 0 Å². The van der Waals surface area contributed by atoms with Gasteiger partial charge in [0, 0.05) is 5.92 Å². The van der Waals surface area contributed by atoms with Gasteiger partial charge in [-0.25, -0.2) is 0 Å². The van der Waals surface area contributed by atoms with E-state index in [4.69, 9.17) is 9.47 Å². The first-order chi connectivity index (χ1) is 5.83. The fourth-order valence-electron chi connectivity index (χ4n) is 2.01. The van der Waals surface area contributed by atoms with Gasteiger partial charge in [0.15, 0.2) is 0 Å². The Labute approximate surface area is 78.0 Å². The van der Waals surface area contributed by atoms with Crippen LogP contribution in [0, 0.1) is 5.92 Å². The molecule has 0 radical (unpaired) electrons. The number of hydrogen-bond acceptors (Lipinski definition) is 3. The van der Waals surface area contributed by atoms with Crippen LogP contribution in [-0.4, -0.2) is 36.4 Å². The van der Waals surface area contributed by atoms with Crippen molar-refractivity contribution in [2.75, 3.05) is 19.0 Å². The van der Waals surface area contributed by atoms with Gasteiger partial charge >= 0.3 is 0 Å². The first-order valence-electron chi connectivity index (χ1n) is 4.67. The molecule has 2 fully saturated rings. The van der Waals surface area contributed by atoms with E-state index in [1.165, 1.54) is 0 Å². The van der Waals surface area contributed by atoms with Gasteiger partial charge in [0.1, 0.15) is 0 Å². The first kappa shape index (κ1) is 8.85. The van der Waals surface area contributed by atoms with Crippen molar-refractivity contribution in [2.45, 2.75) is 31.3 Å². The Morgan fingerprint density at radius 2 is 2.00 bits per heavy atom. The van der Waals surface area contributed by atoms with E-state index >= 15 is 0 Å². The zero-order valence-electron chi connectivity index (χ0n) is 7.66. The van der Waals surface area contributed by atoms with E-state index < -0.39 is 0 Å². The Hall–Kier alpha value is 0.270. The third-order valence-corrected chi connectivity index (χ3v) is 3.80. The molecule has 0 aromatic heterocycles. The molecule has 3 heteroatoms. The number of thioether (sulfide) groups is 1. The number of rotatable bonds is 2. The van der Waals surface area contributed by atoms with Crippen LogP contribution in [0.4, 0.5) is 0 Å². The average molecular weight is 188 g/mol. The minimum atomic E-state index is 0.380. The predicted molar refractivity (Wildman–Crippen MR) is 50.6 cm³/mol. The summed E-state index contributed by atoms with van der Waals surface area (Å²) in [7, 11) is 0. The third-order valence-electron chi connectivity index (χ3n) is 2.64. The summed E-state index contributed by atoms with van der Waals surface area (Å²) in [5.74, 6) is 1.76. The lowest BCUT2D eigenvalue weighted by Crippen LogP contribution is -2.26. The minimum Gasteiger partial charge on any atom is -0.374 e. The Bertz CT molecular complexity index is 163. The molecule has 2 aliphatic rings. The maximum absolute atomic E-state index is 5.71. The van der Waals surface area contributed by atoms with Gasteiger partial charge in [-0.1, -0.05) is 13.8 Å². The summed E-state index contributed by atoms with van der Waals surface area (Å²) in [4.78, 5) is 0. The van der Waals surface area contributed by atoms with Crippen molar-refractivity contribution in [3.8, 4) is 0 Å². The van der Waals surface area contributed by atoms with E-state index in [0.717, 1.165) is 19.0 Å². The van der Waals surface area contributed by atoms with Crippen LogP contribution in [0.3, 0.4) is 0 Å². The topological polar surface area (TPSA) is 18.5 Å². The molecule has 0 spiro atoms. The second-order valence-corrected chi connectivity index (χ2v) is 5.08. The maximum atomic E-state index is 5.71. The molecule has 12 heavy (non-hydrogen) atoms. The SMILES string of the molecule is CCSC1COC2C(C)COC12. The van der Waals surface area contributed by atoms with Crippen LogP contribution in [-0.2, 0) is 9.47 Å². The molecular formula is C9H16O2S. The third kappa shape index (κ3) is 1.38. The highest BCUT2D eigenvalue weighted by molar-refractivity contribution is 7.99. The van der Waals surface area contributed by atoms with Crippen LogP contribution in [0.2, 0.25) is 0 Å². The molecule has 4 atom stereocenters. The van der Waals surface area contributed by atoms with E-state index in [9.17, 15) is 0 Å². The Morgan fingerprint density at radius 1 is 1.25 bits per heavy atom. The van der Waals surface area contributed by atoms with Gasteiger partial charge in [0.2, 0.25) is 0 Å². The van der Waals surface area contributed by atoms with Crippen molar-refractivity contribution < 1.29 is 9.47 Å². The van der Waals surface area contributed by atoms with Gasteiger partial charge in [-0.2, -0.15) is 11.8 Å². The van der Waals surface area contributed by atoms with Crippen molar-refractivity contribution >= 4 is 11.8 Å². The molecule has 4 unspecified atom stereocenters. The van der Waals surface area contributed by atoms with Gasteiger partial charge in [-0.05, 0) is 5.75 Å². The lowest BCUT2D eigenvalue weighted by molar-refractivity contribution is 0.0660. The lowest BCUT2D eigenvalue weighted by Gasteiger charge is -2.14. The van der Waals surface area contributed by atoms with E-state index in [2.05, 4.69) is 13.8 Å². The van der Waals surface area contributed by atoms with Crippen molar-refractivity contribution in [1.82, 2.24) is 0 Å². The van der Waals surface area contributed by atoms with Crippen molar-refractivity contribution in [2.24, 2.45) is 5.92 Å². The second kappa shape index (κ2) is 3.56. The molecule has 0 aliphatic carbocycles. The minimum absolute atomic E-state index is 0.380. The monoisotopic (exact) mass is 188 g/mol. The van der Waals surface area contributed by atoms with Crippen LogP contribution < -0.4 is 0 Å². The molecule has 0 saturated carbocycles. The molecule has 2 aliphatic heterocycles. The van der Waals surface area contributed by atoms with Crippen LogP contribution in [0.1, 0.15) is 13.8 Å². The zero-order valence-corrected chi connectivity index (χ0v) is 8.47. The largest absolute Gasteiger partial charge is 0.374 e. The molecule has 2 saturated heterocycles. The maximum Gasteiger partial charge on any atom is 0.0980 e. The smallest absolute Gasteiger partial charge is 0.0980 e. The van der Waals surface area contributed by atoms with Crippen LogP contribution >= 0.6 is 11.8 Å². The van der Waals surface area contributed by atoms with Crippen molar-refractivity contribution in [3.05, 3.63) is 0 Å². The fourth-order valence-corrected chi connectivity index (χ4v) is 3.04. The zero-order chi connectivity index (χ0) is 8.55. The highest BCUT2D eigenvalue weighted by atomic mass is 32.2. The normalized spacial score (nSPS) is 46.5. The predicted octanol–water partition coefficient (Wildman–Crippen LogP) is 1.54. The summed E-state index contributed by atoms with van der Waals surface area (Å²) in [6, 6.07) is 0. The second-order valence-electron chi connectivity index (χ2n) is 3.57. The van der Waals surface area contributed by atoms with Gasteiger partial charge < -0.3 is 9.47 Å². The van der Waals surface area contributed by atoms with Gasteiger partial charge in [-0.15, -0.1) is 0 Å². The lowest BCUT2D eigenvalue weighted by atomic mass is 10.0. The summed E-state index contributed by atoms with van der Waals surface area (Å²) in [6.07, 6.45) is 0.763. The summed E-state index contributed by atoms with van der Waals surface area (Å²) in [5.41, 5.74) is 0. The first-order valence-corrected chi connectivity index (χ1v) is 5.72. The van der Waals surface area contributed by atoms with E-state index in [1.54, 1.807) is 0 Å². The van der Waals surface area contributed by atoms with E-state index in [1.807, 2.05) is 11.8 Å². The molecule has 2 rings (SSSR count). The summed E-state index contributed by atoms with van der Waals surface area (Å²) >= 11 is 1.97. The Kier molecular flexibility index (Phi) is 2.63.